The lowest BCUT2D eigenvalue weighted by atomic mass is 10.1. The highest BCUT2D eigenvalue weighted by molar-refractivity contribution is 6.53. The third-order valence-electron chi connectivity index (χ3n) is 6.38. The van der Waals surface area contributed by atoms with Gasteiger partial charge in [-0.1, -0.05) is 50.9 Å². The summed E-state index contributed by atoms with van der Waals surface area (Å²) in [6.45, 7) is 10.8. The van der Waals surface area contributed by atoms with E-state index in [2.05, 4.69) is 56.5 Å². The van der Waals surface area contributed by atoms with Gasteiger partial charge in [-0.2, -0.15) is 0 Å². The van der Waals surface area contributed by atoms with Crippen molar-refractivity contribution in [1.82, 2.24) is 15.8 Å². The maximum atomic E-state index is 10.1. The highest BCUT2D eigenvalue weighted by atomic mass is 35.5. The average Bonchev–Trinajstić information content (AvgIpc) is 3.39. The highest BCUT2D eigenvalue weighted by Gasteiger charge is 2.25. The number of aliphatic hydroxyl groups is 1. The van der Waals surface area contributed by atoms with Gasteiger partial charge in [0.05, 0.1) is 16.8 Å². The van der Waals surface area contributed by atoms with Crippen LogP contribution in [0.3, 0.4) is 0 Å². The van der Waals surface area contributed by atoms with Gasteiger partial charge in [-0.25, -0.2) is 25.0 Å². The van der Waals surface area contributed by atoms with E-state index in [1.165, 1.54) is 12.8 Å². The number of ether oxygens (including phenoxy) is 1. The highest BCUT2D eigenvalue weighted by Crippen LogP contribution is 2.30. The summed E-state index contributed by atoms with van der Waals surface area (Å²) in [4.78, 5) is 17.7. The molecule has 0 radical (unpaired) electrons. The van der Waals surface area contributed by atoms with Crippen LogP contribution >= 0.6 is 11.6 Å². The Morgan fingerprint density at radius 1 is 1.32 bits per heavy atom. The summed E-state index contributed by atoms with van der Waals surface area (Å²) in [7, 11) is 0. The van der Waals surface area contributed by atoms with Crippen LogP contribution in [0.5, 0.6) is 5.75 Å². The van der Waals surface area contributed by atoms with Crippen LogP contribution < -0.4 is 20.8 Å². The van der Waals surface area contributed by atoms with E-state index in [0.29, 0.717) is 57.7 Å². The number of fused-ring (bicyclic) bond motifs is 1. The zero-order valence-corrected chi connectivity index (χ0v) is 24.4. The van der Waals surface area contributed by atoms with Crippen LogP contribution in [-0.4, -0.2) is 46.5 Å². The maximum absolute atomic E-state index is 10.1. The molecule has 1 saturated carbocycles. The van der Waals surface area contributed by atoms with Gasteiger partial charge in [-0.05, 0) is 44.0 Å². The number of nitrogens with zero attached hydrogens (tertiary/aromatic N) is 5. The lowest BCUT2D eigenvalue weighted by Crippen LogP contribution is -2.37. The third-order valence-corrected chi connectivity index (χ3v) is 6.68. The Morgan fingerprint density at radius 3 is 2.88 bits per heavy atom. The van der Waals surface area contributed by atoms with Crippen molar-refractivity contribution >= 4 is 41.0 Å². The molecule has 0 amide bonds. The summed E-state index contributed by atoms with van der Waals surface area (Å²) in [5.41, 5.74) is 4.97. The summed E-state index contributed by atoms with van der Waals surface area (Å²) in [5, 5.41) is 18.8. The first-order valence-electron chi connectivity index (χ1n) is 13.8. The van der Waals surface area contributed by atoms with Crippen LogP contribution in [0.4, 0.5) is 5.69 Å². The number of halogens is 1. The van der Waals surface area contributed by atoms with Gasteiger partial charge in [-0.3, -0.25) is 5.43 Å². The molecule has 1 aromatic carbocycles. The van der Waals surface area contributed by atoms with Crippen molar-refractivity contribution in [3.63, 3.8) is 0 Å². The predicted octanol–water partition coefficient (Wildman–Crippen LogP) is 5.66. The topological polar surface area (TPSA) is 118 Å². The van der Waals surface area contributed by atoms with E-state index in [4.69, 9.17) is 16.3 Å². The molecule has 5 rings (SSSR count). The Hall–Kier alpha value is -4.15. The molecule has 0 bridgehead atoms. The fraction of sp³-hybridized carbons (Fsp3) is 0.333. The van der Waals surface area contributed by atoms with E-state index in [0.717, 1.165) is 19.3 Å². The van der Waals surface area contributed by atoms with Crippen LogP contribution in [0.25, 0.3) is 0 Å². The van der Waals surface area contributed by atoms with Crippen LogP contribution in [0.2, 0.25) is 5.02 Å². The fourth-order valence-corrected chi connectivity index (χ4v) is 4.60. The number of hydrogen-bond acceptors (Lipinski definition) is 10. The number of aliphatic imine (C=N–C) groups is 4. The Kier molecular flexibility index (Phi) is 10.5. The zero-order valence-electron chi connectivity index (χ0n) is 23.6. The molecule has 3 heterocycles. The number of rotatable bonds is 7. The predicted molar refractivity (Wildman–Crippen MR) is 168 cm³/mol. The van der Waals surface area contributed by atoms with Crippen molar-refractivity contribution in [2.24, 2.45) is 25.9 Å². The van der Waals surface area contributed by atoms with Gasteiger partial charge >= 0.3 is 0 Å². The number of aliphatic hydroxyl groups excluding tert-OH is 1. The summed E-state index contributed by atoms with van der Waals surface area (Å²) >= 11 is 6.56. The van der Waals surface area contributed by atoms with Crippen molar-refractivity contribution < 1.29 is 9.84 Å². The number of allylic oxidation sites excluding steroid dienone is 2. The Balaban J connectivity index is 0.00000124. The molecule has 1 aromatic rings. The SMILES string of the molecule is C=C(/N=C1/C(Nc2ccc(OC3=CC4=NC=CNN4C=C3)c(Cl)c2)=NC=N/C1=C/C)NC[C@H]1CCCC1O.CCC. The minimum absolute atomic E-state index is 0.203. The number of amidine groups is 2. The van der Waals surface area contributed by atoms with Crippen LogP contribution in [0, 0.1) is 5.92 Å². The van der Waals surface area contributed by atoms with E-state index in [1.807, 2.05) is 37.4 Å². The number of hydrogen-bond donors (Lipinski definition) is 4. The molecule has 1 unspecified atom stereocenters. The Bertz CT molecular complexity index is 1370. The molecule has 4 aliphatic rings. The summed E-state index contributed by atoms with van der Waals surface area (Å²) < 4.78 is 6.00. The van der Waals surface area contributed by atoms with Crippen molar-refractivity contribution in [3.8, 4) is 5.75 Å². The van der Waals surface area contributed by atoms with Gasteiger partial charge in [-0.15, -0.1) is 0 Å². The lowest BCUT2D eigenvalue weighted by molar-refractivity contribution is 0.133. The molecule has 41 heavy (non-hydrogen) atoms. The molecule has 1 aliphatic carbocycles. The minimum atomic E-state index is -0.279. The first kappa shape index (κ1) is 29.8. The van der Waals surface area contributed by atoms with E-state index in [1.54, 1.807) is 29.5 Å². The molecule has 0 saturated heterocycles. The quantitative estimate of drug-likeness (QED) is 0.333. The van der Waals surface area contributed by atoms with Crippen LogP contribution in [0.1, 0.15) is 46.5 Å². The normalized spacial score (nSPS) is 22.7. The third kappa shape index (κ3) is 7.96. The van der Waals surface area contributed by atoms with Crippen molar-refractivity contribution in [3.05, 3.63) is 83.9 Å². The first-order chi connectivity index (χ1) is 19.9. The first-order valence-corrected chi connectivity index (χ1v) is 14.2. The number of anilines is 1. The molecule has 2 atom stereocenters. The molecular formula is C30H37ClN8O2. The van der Waals surface area contributed by atoms with E-state index < -0.39 is 0 Å². The molecule has 0 aromatic heterocycles. The van der Waals surface area contributed by atoms with Gasteiger partial charge < -0.3 is 20.5 Å². The molecule has 216 valence electrons. The van der Waals surface area contributed by atoms with Gasteiger partial charge in [0.25, 0.3) is 0 Å². The molecule has 3 aliphatic heterocycles. The molecule has 0 spiro atoms. The summed E-state index contributed by atoms with van der Waals surface area (Å²) in [6.07, 6.45) is 16.0. The van der Waals surface area contributed by atoms with E-state index in [9.17, 15) is 5.11 Å². The smallest absolute Gasteiger partial charge is 0.160 e. The molecule has 4 N–H and O–H groups in total. The van der Waals surface area contributed by atoms with E-state index >= 15 is 0 Å². The Labute approximate surface area is 246 Å². The van der Waals surface area contributed by atoms with Crippen molar-refractivity contribution in [2.45, 2.75) is 52.6 Å². The lowest BCUT2D eigenvalue weighted by Gasteiger charge is -2.25. The average molecular weight is 577 g/mol. The van der Waals surface area contributed by atoms with Crippen molar-refractivity contribution in [2.75, 3.05) is 11.9 Å². The standard InChI is InChI=1S/C27H29ClN8O2.C3H8/c1-3-22-26(34-17(2)30-15-18-5-4-6-23(18)37)27(32-16-31-22)35-19-7-8-24(21(28)13-19)38-20-9-12-36-25(14-20)29-10-11-33-36;1-3-2/h3,7-14,16,18,23,30,33,37H,2,4-6,15H2,1H3,(H,31,32,35);3H2,1-2H3/b22-3+,34-26+;/t18-,23?;/m1./s1. The van der Waals surface area contributed by atoms with Gasteiger partial charge in [0, 0.05) is 42.8 Å². The monoisotopic (exact) mass is 576 g/mol. The number of hydrazine groups is 1. The van der Waals surface area contributed by atoms with Gasteiger partial charge in [0.15, 0.2) is 11.7 Å². The Morgan fingerprint density at radius 2 is 2.15 bits per heavy atom. The largest absolute Gasteiger partial charge is 0.456 e. The second-order valence-corrected chi connectivity index (χ2v) is 10.1. The number of benzene rings is 1. The maximum Gasteiger partial charge on any atom is 0.160 e. The van der Waals surface area contributed by atoms with Crippen molar-refractivity contribution in [1.29, 1.82) is 0 Å². The second-order valence-electron chi connectivity index (χ2n) is 9.69. The molecule has 10 nitrogen and oxygen atoms in total. The second kappa shape index (κ2) is 14.5. The van der Waals surface area contributed by atoms with Crippen LogP contribution in [0.15, 0.2) is 98.9 Å². The zero-order chi connectivity index (χ0) is 29.2. The van der Waals surface area contributed by atoms with E-state index in [-0.39, 0.29) is 12.0 Å². The molecule has 11 heteroatoms. The summed E-state index contributed by atoms with van der Waals surface area (Å²) in [5.74, 6) is 3.01. The fourth-order valence-electron chi connectivity index (χ4n) is 4.38. The number of nitrogens with one attached hydrogen (secondary N) is 3. The summed E-state index contributed by atoms with van der Waals surface area (Å²) in [6, 6.07) is 5.39. The van der Waals surface area contributed by atoms with Crippen LogP contribution in [-0.2, 0) is 0 Å². The minimum Gasteiger partial charge on any atom is -0.456 e. The van der Waals surface area contributed by atoms with Gasteiger partial charge in [0.2, 0.25) is 0 Å². The molecule has 1 fully saturated rings. The van der Waals surface area contributed by atoms with Gasteiger partial charge in [0.1, 0.15) is 29.4 Å². The molecular weight excluding hydrogens is 540 g/mol.